The molecule has 5 N–H and O–H groups in total. The maximum Gasteiger partial charge on any atom is 0.0923 e. The van der Waals surface area contributed by atoms with E-state index in [4.69, 9.17) is 45.4 Å². The van der Waals surface area contributed by atoms with Crippen LogP contribution in [0.4, 0.5) is 11.4 Å². The molecule has 1 heterocycles. The van der Waals surface area contributed by atoms with Gasteiger partial charge in [-0.1, -0.05) is 42.5 Å². The van der Waals surface area contributed by atoms with Crippen molar-refractivity contribution in [1.82, 2.24) is 0 Å². The van der Waals surface area contributed by atoms with Crippen LogP contribution in [0.2, 0.25) is 10.0 Å². The lowest BCUT2D eigenvalue weighted by Crippen LogP contribution is -2.39. The maximum atomic E-state index is 7.65. The molecule has 1 spiro atoms. The van der Waals surface area contributed by atoms with E-state index in [2.05, 4.69) is 29.2 Å². The zero-order valence-electron chi connectivity index (χ0n) is 15.7. The highest BCUT2D eigenvalue weighted by Crippen LogP contribution is 2.56. The molecule has 1 fully saturated rings. The summed E-state index contributed by atoms with van der Waals surface area (Å²) in [4.78, 5) is 2.28. The number of rotatable bonds is 3. The highest BCUT2D eigenvalue weighted by molar-refractivity contribution is 6.31. The van der Waals surface area contributed by atoms with E-state index in [0.29, 0.717) is 13.0 Å². The van der Waals surface area contributed by atoms with E-state index in [-0.39, 0.29) is 11.3 Å². The predicted molar refractivity (Wildman–Crippen MR) is 116 cm³/mol. The minimum absolute atomic E-state index is 0.0224. The molecular formula is C21H25Cl2N5. The first-order valence-electron chi connectivity index (χ1n) is 9.47. The molecule has 0 unspecified atom stereocenters. The highest BCUT2D eigenvalue weighted by Gasteiger charge is 2.44. The molecule has 28 heavy (non-hydrogen) atoms. The van der Waals surface area contributed by atoms with Crippen LogP contribution >= 0.6 is 23.2 Å². The van der Waals surface area contributed by atoms with Crippen molar-refractivity contribution < 1.29 is 0 Å². The number of amidine groups is 1. The Hall–Kier alpha value is -2.11. The summed E-state index contributed by atoms with van der Waals surface area (Å²) in [5.41, 5.74) is 20.6. The molecule has 1 aliphatic heterocycles. The number of nitrogens with two attached hydrogens (primary N) is 1. The summed E-state index contributed by atoms with van der Waals surface area (Å²) in [6.07, 6.45) is 6.47. The smallest absolute Gasteiger partial charge is 0.0923 e. The Labute approximate surface area is 175 Å². The van der Waals surface area contributed by atoms with Crippen LogP contribution in [-0.2, 0) is 5.41 Å². The average Bonchev–Trinajstić information content (AvgIpc) is 2.71. The van der Waals surface area contributed by atoms with Crippen LogP contribution in [0.25, 0.3) is 0 Å². The first kappa shape index (κ1) is 20.6. The van der Waals surface area contributed by atoms with Crippen molar-refractivity contribution in [1.29, 1.82) is 16.5 Å². The number of fused-ring (bicyclic) bond motifs is 4. The molecule has 2 aromatic carbocycles. The number of benzene rings is 2. The fourth-order valence-corrected chi connectivity index (χ4v) is 5.04. The molecule has 148 valence electrons. The fraction of sp³-hybridized carbons (Fsp3) is 0.381. The number of hydrogen-bond donors (Lipinski definition) is 4. The van der Waals surface area contributed by atoms with Gasteiger partial charge in [-0.25, -0.2) is 11.1 Å². The predicted octanol–water partition coefficient (Wildman–Crippen LogP) is 6.62. The van der Waals surface area contributed by atoms with Gasteiger partial charge >= 0.3 is 0 Å². The van der Waals surface area contributed by atoms with Gasteiger partial charge < -0.3 is 10.6 Å². The van der Waals surface area contributed by atoms with Crippen LogP contribution < -0.4 is 10.6 Å². The third kappa shape index (κ3) is 3.61. The minimum Gasteiger partial charge on any atom is -0.388 e. The van der Waals surface area contributed by atoms with Gasteiger partial charge in [-0.3, -0.25) is 5.41 Å². The van der Waals surface area contributed by atoms with Crippen LogP contribution in [0.3, 0.4) is 0 Å². The van der Waals surface area contributed by atoms with Crippen LogP contribution in [0.1, 0.15) is 49.7 Å². The molecule has 1 aliphatic carbocycles. The van der Waals surface area contributed by atoms with Gasteiger partial charge in [-0.15, -0.1) is 0 Å². The molecule has 0 atom stereocenters. The van der Waals surface area contributed by atoms with Crippen LogP contribution in [0, 0.1) is 16.5 Å². The van der Waals surface area contributed by atoms with E-state index in [0.717, 1.165) is 22.9 Å². The van der Waals surface area contributed by atoms with E-state index >= 15 is 0 Å². The molecule has 0 radical (unpaired) electrons. The standard InChI is InChI=1S/C21H23Cl2N3.H2N2/c22-14-4-6-18-16(12-14)21(9-2-1-3-10-21)17-13-15(23)5-7-19(17)26(18)11-8-20(24)25;1-2/h4-7,12-13H,1-3,8-11H2,(H3,24,25);1-2H. The maximum absolute atomic E-state index is 7.65. The number of halogens is 2. The van der Waals surface area contributed by atoms with Crippen LogP contribution in [-0.4, -0.2) is 12.4 Å². The topological polar surface area (TPSA) is 101 Å². The first-order chi connectivity index (χ1) is 13.5. The van der Waals surface area contributed by atoms with E-state index in [1.54, 1.807) is 0 Å². The first-order valence-corrected chi connectivity index (χ1v) is 10.2. The van der Waals surface area contributed by atoms with E-state index in [1.165, 1.54) is 41.8 Å². The Morgan fingerprint density at radius 3 is 1.89 bits per heavy atom. The lowest BCUT2D eigenvalue weighted by Gasteiger charge is -2.47. The number of anilines is 2. The summed E-state index contributed by atoms with van der Waals surface area (Å²) in [6.45, 7) is 0.675. The summed E-state index contributed by atoms with van der Waals surface area (Å²) in [6, 6.07) is 12.4. The zero-order valence-corrected chi connectivity index (χ0v) is 17.2. The fourth-order valence-electron chi connectivity index (χ4n) is 4.70. The van der Waals surface area contributed by atoms with Gasteiger partial charge in [0.05, 0.1) is 5.84 Å². The third-order valence-corrected chi connectivity index (χ3v) is 6.31. The molecule has 4 rings (SSSR count). The lowest BCUT2D eigenvalue weighted by atomic mass is 9.63. The molecule has 2 aliphatic rings. The summed E-state index contributed by atoms with van der Waals surface area (Å²) in [5.74, 6) is 0.203. The van der Waals surface area contributed by atoms with Crippen molar-refractivity contribution >= 4 is 40.4 Å². The second-order valence-corrected chi connectivity index (χ2v) is 8.27. The molecular weight excluding hydrogens is 393 g/mol. The normalized spacial score (nSPS) is 16.6. The second-order valence-electron chi connectivity index (χ2n) is 7.39. The van der Waals surface area contributed by atoms with Gasteiger partial charge in [0.15, 0.2) is 0 Å². The molecule has 7 heteroatoms. The molecule has 1 saturated carbocycles. The van der Waals surface area contributed by atoms with E-state index < -0.39 is 0 Å². The Kier molecular flexibility index (Phi) is 6.26. The number of nitrogens with zero attached hydrogens (tertiary/aromatic N) is 1. The minimum atomic E-state index is -0.0224. The van der Waals surface area contributed by atoms with Crippen molar-refractivity contribution in [2.24, 2.45) is 5.73 Å². The van der Waals surface area contributed by atoms with Gasteiger partial charge in [-0.05, 0) is 60.4 Å². The summed E-state index contributed by atoms with van der Waals surface area (Å²) >= 11 is 12.8. The zero-order chi connectivity index (χ0) is 20.3. The summed E-state index contributed by atoms with van der Waals surface area (Å²) in [7, 11) is 0. The van der Waals surface area contributed by atoms with Crippen molar-refractivity contribution in [3.63, 3.8) is 0 Å². The summed E-state index contributed by atoms with van der Waals surface area (Å²) in [5, 5.41) is 9.19. The van der Waals surface area contributed by atoms with Gasteiger partial charge in [0.2, 0.25) is 0 Å². The Bertz CT molecular complexity index is 822. The number of nitrogens with one attached hydrogen (secondary N) is 3. The molecule has 0 bridgehead atoms. The molecule has 0 amide bonds. The second kappa shape index (κ2) is 8.50. The van der Waals surface area contributed by atoms with Crippen molar-refractivity contribution in [2.75, 3.05) is 11.4 Å². The third-order valence-electron chi connectivity index (χ3n) is 5.84. The van der Waals surface area contributed by atoms with E-state index in [1.807, 2.05) is 12.1 Å². The van der Waals surface area contributed by atoms with Crippen LogP contribution in [0.5, 0.6) is 0 Å². The van der Waals surface area contributed by atoms with Crippen molar-refractivity contribution in [3.8, 4) is 0 Å². The highest BCUT2D eigenvalue weighted by atomic mass is 35.5. The Balaban J connectivity index is 0.00000109. The molecule has 0 aromatic heterocycles. The Morgan fingerprint density at radius 2 is 1.43 bits per heavy atom. The quantitative estimate of drug-likeness (QED) is 0.256. The monoisotopic (exact) mass is 417 g/mol. The van der Waals surface area contributed by atoms with Gasteiger partial charge in [0, 0.05) is 39.8 Å². The van der Waals surface area contributed by atoms with Crippen molar-refractivity contribution in [2.45, 2.75) is 43.9 Å². The van der Waals surface area contributed by atoms with Gasteiger partial charge in [0.25, 0.3) is 0 Å². The number of hydrogen-bond acceptors (Lipinski definition) is 4. The SMILES string of the molecule is N=C(N)CCN1c2ccc(Cl)cc2C2(CCCCC2)c2cc(Cl)ccc21.N=N. The van der Waals surface area contributed by atoms with Crippen LogP contribution in [0.15, 0.2) is 36.4 Å². The van der Waals surface area contributed by atoms with E-state index in [9.17, 15) is 0 Å². The Morgan fingerprint density at radius 1 is 0.929 bits per heavy atom. The average molecular weight is 418 g/mol. The van der Waals surface area contributed by atoms with Crippen molar-refractivity contribution in [3.05, 3.63) is 57.6 Å². The molecule has 0 saturated heterocycles. The largest absolute Gasteiger partial charge is 0.388 e. The molecule has 2 aromatic rings. The summed E-state index contributed by atoms with van der Waals surface area (Å²) < 4.78 is 0. The van der Waals surface area contributed by atoms with Gasteiger partial charge in [0.1, 0.15) is 0 Å². The molecule has 5 nitrogen and oxygen atoms in total. The van der Waals surface area contributed by atoms with Gasteiger partial charge in [-0.2, -0.15) is 0 Å². The lowest BCUT2D eigenvalue weighted by molar-refractivity contribution is 0.343.